The second-order valence-electron chi connectivity index (χ2n) is 7.78. The van der Waals surface area contributed by atoms with Gasteiger partial charge in [-0.2, -0.15) is 0 Å². The van der Waals surface area contributed by atoms with Crippen molar-refractivity contribution in [1.82, 2.24) is 20.2 Å². The van der Waals surface area contributed by atoms with Gasteiger partial charge in [-0.3, -0.25) is 9.69 Å². The summed E-state index contributed by atoms with van der Waals surface area (Å²) in [7, 11) is -3.78. The largest absolute Gasteiger partial charge is 0.352 e. The lowest BCUT2D eigenvalue weighted by molar-refractivity contribution is -0.130. The van der Waals surface area contributed by atoms with Gasteiger partial charge in [-0.1, -0.05) is 0 Å². The maximum atomic E-state index is 13.1. The molecule has 0 bridgehead atoms. The molecule has 1 fully saturated rings. The number of sulfone groups is 1. The zero-order valence-corrected chi connectivity index (χ0v) is 19.3. The third-order valence-electron chi connectivity index (χ3n) is 4.94. The van der Waals surface area contributed by atoms with Crippen molar-refractivity contribution in [1.29, 1.82) is 0 Å². The molecule has 3 heterocycles. The Hall–Kier alpha value is -3.38. The van der Waals surface area contributed by atoms with Crippen molar-refractivity contribution in [3.63, 3.8) is 0 Å². The van der Waals surface area contributed by atoms with Gasteiger partial charge >= 0.3 is 6.03 Å². The number of benzene rings is 1. The molecule has 0 saturated carbocycles. The zero-order valence-electron chi connectivity index (χ0n) is 17.7. The van der Waals surface area contributed by atoms with Crippen LogP contribution >= 0.6 is 11.3 Å². The number of nitrogens with one attached hydrogen (secondary N) is 2. The monoisotopic (exact) mass is 489 g/mol. The fraction of sp³-hybridized carbons (Fsp3) is 0.238. The van der Waals surface area contributed by atoms with Crippen molar-refractivity contribution in [3.05, 3.63) is 54.5 Å². The lowest BCUT2D eigenvalue weighted by atomic mass is 10.1. The van der Waals surface area contributed by atoms with E-state index >= 15 is 0 Å². The number of urea groups is 1. The normalized spacial score (nSPS) is 15.5. The topological polar surface area (TPSA) is 121 Å². The summed E-state index contributed by atoms with van der Waals surface area (Å²) in [6, 6.07) is 8.97. The lowest BCUT2D eigenvalue weighted by Crippen LogP contribution is -2.40. The Bertz CT molecular complexity index is 1320. The molecule has 1 aromatic carbocycles. The Kier molecular flexibility index (Phi) is 5.89. The Morgan fingerprint density at radius 2 is 1.85 bits per heavy atom. The standard InChI is InChI=1S/C21H20FN5O4S2/c1-21(2)18(28)27(20(29)26-21)12-11-24-19-23-10-9-15(25-19)16-7-8-17(32-16)33(30,31)14-5-3-13(22)4-6-14/h3-10H,11-12H2,1-2H3,(H,26,29)(H,23,24,25). The van der Waals surface area contributed by atoms with Gasteiger partial charge in [-0.05, 0) is 56.3 Å². The number of rotatable bonds is 7. The molecule has 3 amide bonds. The lowest BCUT2D eigenvalue weighted by Gasteiger charge is -2.16. The molecular weight excluding hydrogens is 469 g/mol. The molecule has 4 rings (SSSR count). The van der Waals surface area contributed by atoms with Gasteiger partial charge in [-0.15, -0.1) is 11.3 Å². The number of halogens is 1. The Morgan fingerprint density at radius 3 is 2.52 bits per heavy atom. The average molecular weight is 490 g/mol. The minimum absolute atomic E-state index is 0.00557. The maximum absolute atomic E-state index is 13.1. The van der Waals surface area contributed by atoms with Crippen molar-refractivity contribution >= 4 is 39.1 Å². The van der Waals surface area contributed by atoms with Crippen molar-refractivity contribution in [3.8, 4) is 10.6 Å². The van der Waals surface area contributed by atoms with E-state index in [1.807, 2.05) is 0 Å². The fourth-order valence-electron chi connectivity index (χ4n) is 3.21. The molecule has 2 aromatic heterocycles. The van der Waals surface area contributed by atoms with E-state index in [-0.39, 0.29) is 34.0 Å². The molecule has 1 aliphatic heterocycles. The van der Waals surface area contributed by atoms with Crippen LogP contribution in [0.5, 0.6) is 0 Å². The van der Waals surface area contributed by atoms with E-state index in [1.165, 1.54) is 24.4 Å². The number of carbonyl (C=O) groups is 2. The first-order valence-corrected chi connectivity index (χ1v) is 12.2. The summed E-state index contributed by atoms with van der Waals surface area (Å²) >= 11 is 1.04. The number of imide groups is 1. The summed E-state index contributed by atoms with van der Waals surface area (Å²) in [6.07, 6.45) is 1.52. The summed E-state index contributed by atoms with van der Waals surface area (Å²) < 4.78 is 38.8. The molecule has 33 heavy (non-hydrogen) atoms. The van der Waals surface area contributed by atoms with Gasteiger partial charge < -0.3 is 10.6 Å². The van der Waals surface area contributed by atoms with Crippen LogP contribution in [0.1, 0.15) is 13.8 Å². The molecule has 2 N–H and O–H groups in total. The SMILES string of the molecule is CC1(C)NC(=O)N(CCNc2nccc(-c3ccc(S(=O)(=O)c4ccc(F)cc4)s3)n2)C1=O. The average Bonchev–Trinajstić information content (AvgIpc) is 3.34. The summed E-state index contributed by atoms with van der Waals surface area (Å²) in [5, 5.41) is 5.59. The molecule has 172 valence electrons. The molecule has 9 nitrogen and oxygen atoms in total. The Morgan fingerprint density at radius 1 is 1.12 bits per heavy atom. The summed E-state index contributed by atoms with van der Waals surface area (Å²) in [5.41, 5.74) is -0.423. The highest BCUT2D eigenvalue weighted by molar-refractivity contribution is 7.93. The van der Waals surface area contributed by atoms with E-state index in [0.29, 0.717) is 10.6 Å². The second kappa shape index (κ2) is 8.52. The number of nitrogens with zero attached hydrogens (tertiary/aromatic N) is 3. The molecule has 3 aromatic rings. The van der Waals surface area contributed by atoms with E-state index < -0.39 is 27.2 Å². The first kappa shape index (κ1) is 22.8. The highest BCUT2D eigenvalue weighted by atomic mass is 32.2. The second-order valence-corrected chi connectivity index (χ2v) is 11.0. The van der Waals surface area contributed by atoms with Crippen LogP contribution in [0, 0.1) is 5.82 Å². The third kappa shape index (κ3) is 4.57. The third-order valence-corrected chi connectivity index (χ3v) is 8.31. The maximum Gasteiger partial charge on any atom is 0.325 e. The van der Waals surface area contributed by atoms with Gasteiger partial charge in [0.2, 0.25) is 15.8 Å². The van der Waals surface area contributed by atoms with Crippen LogP contribution in [0.3, 0.4) is 0 Å². The minimum Gasteiger partial charge on any atom is -0.352 e. The molecule has 12 heteroatoms. The van der Waals surface area contributed by atoms with E-state index in [0.717, 1.165) is 28.4 Å². The summed E-state index contributed by atoms with van der Waals surface area (Å²) in [5.74, 6) is -0.548. The molecule has 0 spiro atoms. The van der Waals surface area contributed by atoms with Crippen LogP contribution in [0.15, 0.2) is 57.8 Å². The van der Waals surface area contributed by atoms with E-state index in [2.05, 4.69) is 20.6 Å². The summed E-state index contributed by atoms with van der Waals surface area (Å²) in [4.78, 5) is 34.5. The number of thiophene rings is 1. The fourth-order valence-corrected chi connectivity index (χ4v) is 5.89. The predicted molar refractivity (Wildman–Crippen MR) is 120 cm³/mol. The van der Waals surface area contributed by atoms with Crippen LogP contribution in [0.4, 0.5) is 15.1 Å². The number of hydrogen-bond donors (Lipinski definition) is 2. The number of carbonyl (C=O) groups excluding carboxylic acids is 2. The number of aromatic nitrogens is 2. The van der Waals surface area contributed by atoms with Gasteiger partial charge in [0.05, 0.1) is 15.5 Å². The van der Waals surface area contributed by atoms with Gasteiger partial charge in [0.15, 0.2) is 0 Å². The van der Waals surface area contributed by atoms with Gasteiger partial charge in [-0.25, -0.2) is 27.6 Å². The summed E-state index contributed by atoms with van der Waals surface area (Å²) in [6.45, 7) is 3.66. The number of hydrogen-bond acceptors (Lipinski definition) is 8. The van der Waals surface area contributed by atoms with Gasteiger partial charge in [0.1, 0.15) is 15.6 Å². The Labute approximate surface area is 193 Å². The van der Waals surface area contributed by atoms with Crippen molar-refractivity contribution in [2.24, 2.45) is 0 Å². The predicted octanol–water partition coefficient (Wildman–Crippen LogP) is 2.92. The van der Waals surface area contributed by atoms with Crippen LogP contribution in [-0.2, 0) is 14.6 Å². The smallest absolute Gasteiger partial charge is 0.325 e. The van der Waals surface area contributed by atoms with Crippen molar-refractivity contribution in [2.45, 2.75) is 28.5 Å². The highest BCUT2D eigenvalue weighted by Gasteiger charge is 2.43. The van der Waals surface area contributed by atoms with Crippen LogP contribution < -0.4 is 10.6 Å². The molecular formula is C21H20FN5O4S2. The van der Waals surface area contributed by atoms with Crippen molar-refractivity contribution < 1.29 is 22.4 Å². The molecule has 0 aliphatic carbocycles. The minimum atomic E-state index is -3.78. The molecule has 0 radical (unpaired) electrons. The van der Waals surface area contributed by atoms with Crippen LogP contribution in [0.25, 0.3) is 10.6 Å². The van der Waals surface area contributed by atoms with Crippen LogP contribution in [-0.4, -0.2) is 53.9 Å². The molecule has 1 aliphatic rings. The molecule has 0 atom stereocenters. The molecule has 1 saturated heterocycles. The number of amides is 3. The first-order valence-electron chi connectivity index (χ1n) is 9.90. The van der Waals surface area contributed by atoms with E-state index in [1.54, 1.807) is 26.0 Å². The van der Waals surface area contributed by atoms with Gasteiger partial charge in [0, 0.05) is 19.3 Å². The zero-order chi connectivity index (χ0) is 23.8. The molecule has 0 unspecified atom stereocenters. The number of anilines is 1. The quantitative estimate of drug-likeness (QED) is 0.387. The Balaban J connectivity index is 1.45. The van der Waals surface area contributed by atoms with Crippen LogP contribution in [0.2, 0.25) is 0 Å². The van der Waals surface area contributed by atoms with Crippen molar-refractivity contribution in [2.75, 3.05) is 18.4 Å². The highest BCUT2D eigenvalue weighted by Crippen LogP contribution is 2.33. The first-order chi connectivity index (χ1) is 15.6. The van der Waals surface area contributed by atoms with Gasteiger partial charge in [0.25, 0.3) is 5.91 Å². The van der Waals surface area contributed by atoms with E-state index in [9.17, 15) is 22.4 Å². The van der Waals surface area contributed by atoms with E-state index in [4.69, 9.17) is 0 Å².